The Morgan fingerprint density at radius 1 is 1.00 bits per heavy atom. The van der Waals surface area contributed by atoms with Crippen LogP contribution in [0, 0.1) is 0 Å². The summed E-state index contributed by atoms with van der Waals surface area (Å²) < 4.78 is 40.9. The standard InChI is InChI=1S/C22H20N2O5S/c1-3-22(4-2)28-17-10-8-13(12-18(17)29-22)24-30(26,27)19-11-9-16-20-14(19)6-5-7-15(20)21(25)23-16/h5-12,24H,3-4H2,1-2H3,(H,23,25). The highest BCUT2D eigenvalue weighted by Gasteiger charge is 2.38. The first-order valence-corrected chi connectivity index (χ1v) is 11.3. The zero-order valence-corrected chi connectivity index (χ0v) is 17.3. The quantitative estimate of drug-likeness (QED) is 0.629. The molecule has 0 spiro atoms. The van der Waals surface area contributed by atoms with E-state index in [2.05, 4.69) is 10.0 Å². The summed E-state index contributed by atoms with van der Waals surface area (Å²) in [4.78, 5) is 12.2. The molecular weight excluding hydrogens is 404 g/mol. The van der Waals surface area contributed by atoms with Crippen LogP contribution in [0.3, 0.4) is 0 Å². The molecule has 0 aliphatic carbocycles. The molecule has 0 radical (unpaired) electrons. The largest absolute Gasteiger partial charge is 0.448 e. The third kappa shape index (κ3) is 2.71. The SMILES string of the molecule is CCC1(CC)Oc2ccc(NS(=O)(=O)c3ccc4c5c(cccc35)C(=O)N4)cc2O1. The number of rotatable bonds is 5. The van der Waals surface area contributed by atoms with Crippen molar-refractivity contribution in [1.82, 2.24) is 0 Å². The maximum absolute atomic E-state index is 13.2. The van der Waals surface area contributed by atoms with Gasteiger partial charge < -0.3 is 14.8 Å². The van der Waals surface area contributed by atoms with Crippen LogP contribution in [0.4, 0.5) is 11.4 Å². The number of hydrogen-bond acceptors (Lipinski definition) is 5. The van der Waals surface area contributed by atoms with E-state index in [1.54, 1.807) is 42.5 Å². The van der Waals surface area contributed by atoms with Crippen molar-refractivity contribution in [2.45, 2.75) is 37.4 Å². The molecule has 0 saturated carbocycles. The Bertz CT molecular complexity index is 1310. The molecule has 0 atom stereocenters. The molecule has 154 valence electrons. The first-order chi connectivity index (χ1) is 14.4. The lowest BCUT2D eigenvalue weighted by Gasteiger charge is -2.24. The molecule has 8 heteroatoms. The normalized spacial score (nSPS) is 16.0. The Balaban J connectivity index is 1.52. The van der Waals surface area contributed by atoms with E-state index in [4.69, 9.17) is 9.47 Å². The van der Waals surface area contributed by atoms with Crippen LogP contribution in [-0.4, -0.2) is 20.1 Å². The number of hydrogen-bond donors (Lipinski definition) is 2. The summed E-state index contributed by atoms with van der Waals surface area (Å²) >= 11 is 0. The number of sulfonamides is 1. The fourth-order valence-corrected chi connectivity index (χ4v) is 5.26. The van der Waals surface area contributed by atoms with Crippen LogP contribution in [0.1, 0.15) is 37.0 Å². The van der Waals surface area contributed by atoms with E-state index in [1.807, 2.05) is 13.8 Å². The smallest absolute Gasteiger partial charge is 0.262 e. The van der Waals surface area contributed by atoms with Crippen molar-refractivity contribution in [2.24, 2.45) is 0 Å². The van der Waals surface area contributed by atoms with Crippen LogP contribution >= 0.6 is 0 Å². The number of fused-ring (bicyclic) bond motifs is 1. The predicted octanol–water partition coefficient (Wildman–Crippen LogP) is 4.49. The van der Waals surface area contributed by atoms with E-state index in [0.717, 1.165) is 0 Å². The molecule has 2 aliphatic rings. The van der Waals surface area contributed by atoms with Crippen LogP contribution in [0.5, 0.6) is 11.5 Å². The summed E-state index contributed by atoms with van der Waals surface area (Å²) in [6.45, 7) is 3.96. The minimum absolute atomic E-state index is 0.105. The fraction of sp³-hybridized carbons (Fsp3) is 0.227. The van der Waals surface area contributed by atoms with Gasteiger partial charge in [0.1, 0.15) is 0 Å². The molecule has 0 aromatic heterocycles. The van der Waals surface area contributed by atoms with Gasteiger partial charge in [-0.05, 0) is 30.3 Å². The first-order valence-electron chi connectivity index (χ1n) is 9.78. The van der Waals surface area contributed by atoms with Crippen molar-refractivity contribution in [3.8, 4) is 11.5 Å². The van der Waals surface area contributed by atoms with Crippen LogP contribution < -0.4 is 19.5 Å². The Hall–Kier alpha value is -3.26. The van der Waals surface area contributed by atoms with Crippen molar-refractivity contribution in [3.05, 3.63) is 54.1 Å². The third-order valence-corrected chi connectivity index (χ3v) is 7.09. The van der Waals surface area contributed by atoms with Gasteiger partial charge in [0.15, 0.2) is 11.5 Å². The minimum Gasteiger partial charge on any atom is -0.448 e. The highest BCUT2D eigenvalue weighted by atomic mass is 32.2. The lowest BCUT2D eigenvalue weighted by Crippen LogP contribution is -2.36. The molecule has 3 aromatic rings. The molecule has 2 aliphatic heterocycles. The van der Waals surface area contributed by atoms with E-state index in [9.17, 15) is 13.2 Å². The van der Waals surface area contributed by atoms with Gasteiger partial charge >= 0.3 is 0 Å². The van der Waals surface area contributed by atoms with E-state index in [-0.39, 0.29) is 10.8 Å². The number of nitrogens with one attached hydrogen (secondary N) is 2. The summed E-state index contributed by atoms with van der Waals surface area (Å²) in [5.74, 6) is 0.159. The van der Waals surface area contributed by atoms with Crippen molar-refractivity contribution in [2.75, 3.05) is 10.0 Å². The van der Waals surface area contributed by atoms with Crippen LogP contribution in [0.25, 0.3) is 10.8 Å². The average Bonchev–Trinajstić information content (AvgIpc) is 3.27. The number of carbonyl (C=O) groups is 1. The van der Waals surface area contributed by atoms with E-state index in [0.29, 0.717) is 52.1 Å². The number of benzene rings is 3. The zero-order valence-electron chi connectivity index (χ0n) is 16.5. The Kier molecular flexibility index (Phi) is 3.98. The van der Waals surface area contributed by atoms with Crippen molar-refractivity contribution >= 4 is 38.1 Å². The summed E-state index contributed by atoms with van der Waals surface area (Å²) in [6.07, 6.45) is 1.35. The van der Waals surface area contributed by atoms with Gasteiger partial charge in [-0.2, -0.15) is 0 Å². The van der Waals surface area contributed by atoms with Crippen LogP contribution in [-0.2, 0) is 10.0 Å². The Morgan fingerprint density at radius 2 is 1.77 bits per heavy atom. The summed E-state index contributed by atoms with van der Waals surface area (Å²) in [7, 11) is -3.91. The van der Waals surface area contributed by atoms with Crippen LogP contribution in [0.2, 0.25) is 0 Å². The molecule has 7 nitrogen and oxygen atoms in total. The lowest BCUT2D eigenvalue weighted by molar-refractivity contribution is -0.0843. The third-order valence-electron chi connectivity index (χ3n) is 5.65. The molecule has 2 heterocycles. The molecule has 0 fully saturated rings. The van der Waals surface area contributed by atoms with Gasteiger partial charge in [-0.25, -0.2) is 8.42 Å². The number of ether oxygens (including phenoxy) is 2. The van der Waals surface area contributed by atoms with Gasteiger partial charge in [-0.1, -0.05) is 26.0 Å². The number of carbonyl (C=O) groups excluding carboxylic acids is 1. The molecule has 0 unspecified atom stereocenters. The monoisotopic (exact) mass is 424 g/mol. The fourth-order valence-electron chi connectivity index (χ4n) is 4.00. The maximum Gasteiger partial charge on any atom is 0.262 e. The highest BCUT2D eigenvalue weighted by molar-refractivity contribution is 7.93. The molecule has 1 amide bonds. The number of amides is 1. The van der Waals surface area contributed by atoms with E-state index < -0.39 is 15.8 Å². The number of anilines is 2. The molecular formula is C22H20N2O5S. The molecule has 0 saturated heterocycles. The van der Waals surface area contributed by atoms with Gasteiger partial charge in [0.05, 0.1) is 10.6 Å². The predicted molar refractivity (Wildman–Crippen MR) is 114 cm³/mol. The lowest BCUT2D eigenvalue weighted by atomic mass is 10.1. The highest BCUT2D eigenvalue weighted by Crippen LogP contribution is 2.44. The second-order valence-corrected chi connectivity index (χ2v) is 9.03. The second-order valence-electron chi connectivity index (χ2n) is 7.38. The summed E-state index contributed by atoms with van der Waals surface area (Å²) in [5.41, 5.74) is 1.46. The van der Waals surface area contributed by atoms with Gasteiger partial charge in [-0.15, -0.1) is 0 Å². The first kappa shape index (κ1) is 18.7. The Morgan fingerprint density at radius 3 is 2.53 bits per heavy atom. The van der Waals surface area contributed by atoms with Crippen molar-refractivity contribution < 1.29 is 22.7 Å². The summed E-state index contributed by atoms with van der Waals surface area (Å²) in [6, 6.07) is 13.2. The summed E-state index contributed by atoms with van der Waals surface area (Å²) in [5, 5.41) is 3.87. The molecule has 3 aromatic carbocycles. The Labute approximate surface area is 174 Å². The zero-order chi connectivity index (χ0) is 21.1. The van der Waals surface area contributed by atoms with Crippen molar-refractivity contribution in [1.29, 1.82) is 0 Å². The minimum atomic E-state index is -3.91. The van der Waals surface area contributed by atoms with Gasteiger partial charge in [-0.3, -0.25) is 9.52 Å². The topological polar surface area (TPSA) is 93.7 Å². The molecule has 0 bridgehead atoms. The maximum atomic E-state index is 13.2. The van der Waals surface area contributed by atoms with E-state index >= 15 is 0 Å². The molecule has 2 N–H and O–H groups in total. The van der Waals surface area contributed by atoms with Crippen LogP contribution in [0.15, 0.2) is 53.4 Å². The second kappa shape index (κ2) is 6.37. The molecule has 5 rings (SSSR count). The van der Waals surface area contributed by atoms with Crippen molar-refractivity contribution in [3.63, 3.8) is 0 Å². The molecule has 30 heavy (non-hydrogen) atoms. The average molecular weight is 424 g/mol. The van der Waals surface area contributed by atoms with E-state index in [1.165, 1.54) is 6.07 Å². The van der Waals surface area contributed by atoms with Gasteiger partial charge in [0, 0.05) is 40.9 Å². The van der Waals surface area contributed by atoms with Gasteiger partial charge in [0.25, 0.3) is 21.7 Å². The van der Waals surface area contributed by atoms with Gasteiger partial charge in [0.2, 0.25) is 0 Å².